The highest BCUT2D eigenvalue weighted by atomic mass is 35.5. The van der Waals surface area contributed by atoms with Gasteiger partial charge in [0.2, 0.25) is 15.9 Å². The van der Waals surface area contributed by atoms with Gasteiger partial charge in [-0.15, -0.1) is 0 Å². The van der Waals surface area contributed by atoms with Gasteiger partial charge in [0.05, 0.1) is 23.3 Å². The van der Waals surface area contributed by atoms with Gasteiger partial charge in [0.15, 0.2) is 0 Å². The summed E-state index contributed by atoms with van der Waals surface area (Å²) in [6.07, 6.45) is 1.54. The minimum atomic E-state index is -3.69. The van der Waals surface area contributed by atoms with E-state index in [0.717, 1.165) is 29.4 Å². The maximum absolute atomic E-state index is 15.2. The van der Waals surface area contributed by atoms with E-state index < -0.39 is 45.5 Å². The Morgan fingerprint density at radius 3 is 2.42 bits per heavy atom. The number of para-hydroxylation sites is 1. The summed E-state index contributed by atoms with van der Waals surface area (Å²) >= 11 is 5.70. The second-order valence-electron chi connectivity index (χ2n) is 8.61. The van der Waals surface area contributed by atoms with Crippen molar-refractivity contribution in [2.75, 3.05) is 27.7 Å². The first-order valence-corrected chi connectivity index (χ1v) is 13.6. The van der Waals surface area contributed by atoms with Crippen molar-refractivity contribution in [1.29, 1.82) is 0 Å². The molecule has 1 aliphatic heterocycles. The number of carbonyl (C=O) groups excluding carboxylic acids is 2. The van der Waals surface area contributed by atoms with Gasteiger partial charge in [0.1, 0.15) is 23.5 Å². The number of nitrogens with zero attached hydrogens (tertiary/aromatic N) is 1. The number of anilines is 3. The number of benzene rings is 3. The Balaban J connectivity index is 1.55. The lowest BCUT2D eigenvalue weighted by atomic mass is 10.0. The van der Waals surface area contributed by atoms with Crippen LogP contribution in [-0.4, -0.2) is 39.2 Å². The van der Waals surface area contributed by atoms with Gasteiger partial charge in [-0.3, -0.25) is 9.52 Å². The number of hydrogen-bond donors (Lipinski definition) is 3. The van der Waals surface area contributed by atoms with Crippen LogP contribution in [0.5, 0.6) is 0 Å². The Hall–Kier alpha value is -3.77. The molecular weight excluding hydrogens is 545 g/mol. The third-order valence-corrected chi connectivity index (χ3v) is 6.59. The molecule has 8 nitrogen and oxygen atoms in total. The summed E-state index contributed by atoms with van der Waals surface area (Å²) in [5, 5.41) is 4.87. The molecule has 1 heterocycles. The lowest BCUT2D eigenvalue weighted by molar-refractivity contribution is -0.121. The Morgan fingerprint density at radius 1 is 0.974 bits per heavy atom. The molecule has 4 rings (SSSR count). The Morgan fingerprint density at radius 2 is 1.71 bits per heavy atom. The lowest BCUT2D eigenvalue weighted by Gasteiger charge is -2.33. The largest absolute Gasteiger partial charge is 0.326 e. The summed E-state index contributed by atoms with van der Waals surface area (Å²) in [5.74, 6) is -3.25. The average Bonchev–Trinajstić information content (AvgIpc) is 2.83. The smallest absolute Gasteiger partial charge is 0.319 e. The fourth-order valence-corrected chi connectivity index (χ4v) is 4.85. The van der Waals surface area contributed by atoms with Gasteiger partial charge in [-0.1, -0.05) is 29.8 Å². The van der Waals surface area contributed by atoms with E-state index in [-0.39, 0.29) is 46.2 Å². The first kappa shape index (κ1) is 27.3. The van der Waals surface area contributed by atoms with Crippen LogP contribution in [0.2, 0.25) is 5.02 Å². The first-order valence-electron chi connectivity index (χ1n) is 11.3. The van der Waals surface area contributed by atoms with Crippen LogP contribution in [0.15, 0.2) is 54.6 Å². The van der Waals surface area contributed by atoms with Gasteiger partial charge in [-0.25, -0.2) is 26.4 Å². The molecule has 0 aliphatic carbocycles. The molecule has 3 N–H and O–H groups in total. The van der Waals surface area contributed by atoms with Crippen LogP contribution in [0.1, 0.15) is 12.8 Å². The van der Waals surface area contributed by atoms with Gasteiger partial charge in [-0.2, -0.15) is 0 Å². The van der Waals surface area contributed by atoms with E-state index in [1.807, 2.05) is 0 Å². The Labute approximate surface area is 221 Å². The first-order chi connectivity index (χ1) is 17.9. The second-order valence-corrected chi connectivity index (χ2v) is 10.8. The van der Waals surface area contributed by atoms with Crippen LogP contribution in [0.4, 0.5) is 35.0 Å². The van der Waals surface area contributed by atoms with Crippen LogP contribution in [-0.2, 0) is 14.8 Å². The number of rotatable bonds is 6. The van der Waals surface area contributed by atoms with Crippen molar-refractivity contribution in [2.45, 2.75) is 18.9 Å². The summed E-state index contributed by atoms with van der Waals surface area (Å²) in [4.78, 5) is 26.5. The molecule has 13 heteroatoms. The number of amides is 3. The van der Waals surface area contributed by atoms with Crippen molar-refractivity contribution in [3.05, 3.63) is 77.1 Å². The minimum Gasteiger partial charge on any atom is -0.326 e. The number of urea groups is 1. The highest BCUT2D eigenvalue weighted by Gasteiger charge is 2.33. The zero-order chi connectivity index (χ0) is 27.6. The molecule has 3 aromatic carbocycles. The SMILES string of the molecule is CS(=O)(=O)Nc1ccccc1-c1cc(F)c(N2CCC[C@@H](NC(=O)Nc3ccc(Cl)cc3F)C2=O)cc1F. The molecule has 0 saturated carbocycles. The van der Waals surface area contributed by atoms with E-state index in [1.54, 1.807) is 6.07 Å². The highest BCUT2D eigenvalue weighted by molar-refractivity contribution is 7.92. The fraction of sp³-hybridized carbons (Fsp3) is 0.200. The molecule has 1 aliphatic rings. The second kappa shape index (κ2) is 10.9. The van der Waals surface area contributed by atoms with Gasteiger partial charge >= 0.3 is 6.03 Å². The topological polar surface area (TPSA) is 108 Å². The quantitative estimate of drug-likeness (QED) is 0.385. The summed E-state index contributed by atoms with van der Waals surface area (Å²) < 4.78 is 70.1. The predicted molar refractivity (Wildman–Crippen MR) is 139 cm³/mol. The van der Waals surface area contributed by atoms with E-state index in [9.17, 15) is 22.4 Å². The summed E-state index contributed by atoms with van der Waals surface area (Å²) in [6, 6.07) is 9.38. The molecule has 3 amide bonds. The molecule has 38 heavy (non-hydrogen) atoms. The van der Waals surface area contributed by atoms with Crippen LogP contribution in [0, 0.1) is 17.5 Å². The molecule has 0 radical (unpaired) electrons. The maximum Gasteiger partial charge on any atom is 0.319 e. The van der Waals surface area contributed by atoms with Gasteiger partial charge in [0.25, 0.3) is 0 Å². The van der Waals surface area contributed by atoms with Gasteiger partial charge < -0.3 is 15.5 Å². The maximum atomic E-state index is 15.2. The monoisotopic (exact) mass is 566 g/mol. The van der Waals surface area contributed by atoms with Gasteiger partial charge in [-0.05, 0) is 43.2 Å². The van der Waals surface area contributed by atoms with Crippen LogP contribution >= 0.6 is 11.6 Å². The van der Waals surface area contributed by atoms with E-state index in [1.165, 1.54) is 30.3 Å². The van der Waals surface area contributed by atoms with Crippen molar-refractivity contribution in [3.63, 3.8) is 0 Å². The zero-order valence-electron chi connectivity index (χ0n) is 19.9. The zero-order valence-corrected chi connectivity index (χ0v) is 21.5. The Bertz CT molecular complexity index is 1520. The van der Waals surface area contributed by atoms with Crippen LogP contribution < -0.4 is 20.3 Å². The normalized spacial score (nSPS) is 15.8. The number of halogens is 4. The van der Waals surface area contributed by atoms with Gasteiger partial charge in [0, 0.05) is 28.8 Å². The molecule has 0 spiro atoms. The Kier molecular flexibility index (Phi) is 7.83. The van der Waals surface area contributed by atoms with Crippen molar-refractivity contribution in [1.82, 2.24) is 5.32 Å². The average molecular weight is 567 g/mol. The molecule has 3 aromatic rings. The standard InChI is InChI=1S/C25H22ClF3N4O4S/c1-38(36,37)32-20-6-3-2-5-15(20)16-12-19(29)23(13-17(16)27)33-10-4-7-22(24(33)34)31-25(35)30-21-9-8-14(26)11-18(21)28/h2-3,5-6,8-9,11-13,22,32H,4,7,10H2,1H3,(H2,30,31,35)/t22-/m1/s1. The summed E-state index contributed by atoms with van der Waals surface area (Å²) in [5.41, 5.74) is -0.526. The third-order valence-electron chi connectivity index (χ3n) is 5.76. The molecule has 200 valence electrons. The number of hydrogen-bond acceptors (Lipinski definition) is 4. The van der Waals surface area contributed by atoms with E-state index in [4.69, 9.17) is 11.6 Å². The third kappa shape index (κ3) is 6.20. The number of piperidine rings is 1. The number of carbonyl (C=O) groups is 2. The van der Waals surface area contributed by atoms with Crippen molar-refractivity contribution in [3.8, 4) is 11.1 Å². The predicted octanol–water partition coefficient (Wildman–Crippen LogP) is 5.11. The molecule has 1 saturated heterocycles. The van der Waals surface area contributed by atoms with E-state index in [2.05, 4.69) is 15.4 Å². The summed E-state index contributed by atoms with van der Waals surface area (Å²) in [7, 11) is -3.69. The molecule has 0 aromatic heterocycles. The molecule has 0 unspecified atom stereocenters. The highest BCUT2D eigenvalue weighted by Crippen LogP contribution is 2.35. The van der Waals surface area contributed by atoms with Crippen LogP contribution in [0.25, 0.3) is 11.1 Å². The number of sulfonamides is 1. The van der Waals surface area contributed by atoms with E-state index in [0.29, 0.717) is 6.42 Å². The van der Waals surface area contributed by atoms with E-state index >= 15 is 8.78 Å². The fourth-order valence-electron chi connectivity index (χ4n) is 4.11. The summed E-state index contributed by atoms with van der Waals surface area (Å²) in [6.45, 7) is 0.0758. The van der Waals surface area contributed by atoms with Crippen molar-refractivity contribution >= 4 is 50.6 Å². The molecular formula is C25H22ClF3N4O4S. The van der Waals surface area contributed by atoms with Crippen LogP contribution in [0.3, 0.4) is 0 Å². The number of nitrogens with one attached hydrogen (secondary N) is 3. The molecule has 1 atom stereocenters. The van der Waals surface area contributed by atoms with Crippen molar-refractivity contribution < 1.29 is 31.2 Å². The van der Waals surface area contributed by atoms with Crippen molar-refractivity contribution in [2.24, 2.45) is 0 Å². The molecule has 1 fully saturated rings. The minimum absolute atomic E-state index is 0.0579. The molecule has 0 bridgehead atoms. The lowest BCUT2D eigenvalue weighted by Crippen LogP contribution is -2.53.